The highest BCUT2D eigenvalue weighted by atomic mass is 16.5. The highest BCUT2D eigenvalue weighted by molar-refractivity contribution is 4.78. The molecule has 2 heterocycles. The maximum absolute atomic E-state index is 5.78. The van der Waals surface area contributed by atoms with E-state index in [0.29, 0.717) is 6.10 Å². The molecule has 0 aromatic carbocycles. The molecule has 2 atom stereocenters. The first-order valence-corrected chi connectivity index (χ1v) is 5.29. The molecular weight excluding hydrogens is 150 g/mol. The quantitative estimate of drug-likeness (QED) is 0.643. The molecule has 2 saturated heterocycles. The maximum Gasteiger partial charge on any atom is 0.0615 e. The van der Waals surface area contributed by atoms with E-state index in [-0.39, 0.29) is 0 Å². The van der Waals surface area contributed by atoms with Crippen molar-refractivity contribution in [2.24, 2.45) is 5.92 Å². The van der Waals surface area contributed by atoms with E-state index in [1.54, 1.807) is 0 Å². The third kappa shape index (κ3) is 1.99. The Morgan fingerprint density at radius 1 is 1.08 bits per heavy atom. The fourth-order valence-electron chi connectivity index (χ4n) is 2.33. The predicted molar refractivity (Wildman–Crippen MR) is 49.2 cm³/mol. The number of rotatable bonds is 1. The van der Waals surface area contributed by atoms with Gasteiger partial charge >= 0.3 is 0 Å². The number of ether oxygens (including phenoxy) is 1. The van der Waals surface area contributed by atoms with E-state index in [1.165, 1.54) is 45.2 Å². The Bertz CT molecular complexity index is 110. The zero-order valence-corrected chi connectivity index (χ0v) is 7.72. The Labute approximate surface area is 74.7 Å². The van der Waals surface area contributed by atoms with Crippen LogP contribution in [-0.2, 0) is 4.74 Å². The molecule has 0 bridgehead atoms. The summed E-state index contributed by atoms with van der Waals surface area (Å²) in [4.78, 5) is 0. The molecule has 12 heavy (non-hydrogen) atoms. The second kappa shape index (κ2) is 4.24. The highest BCUT2D eigenvalue weighted by Gasteiger charge is 2.25. The van der Waals surface area contributed by atoms with Gasteiger partial charge in [0.1, 0.15) is 0 Å². The number of nitrogens with one attached hydrogen (secondary N) is 1. The fourth-order valence-corrected chi connectivity index (χ4v) is 2.33. The molecule has 2 fully saturated rings. The Kier molecular flexibility index (Phi) is 3.01. The van der Waals surface area contributed by atoms with Crippen molar-refractivity contribution >= 4 is 0 Å². The van der Waals surface area contributed by atoms with Gasteiger partial charge in [0.2, 0.25) is 0 Å². The minimum absolute atomic E-state index is 0.576. The largest absolute Gasteiger partial charge is 0.378 e. The topological polar surface area (TPSA) is 21.3 Å². The predicted octanol–water partition coefficient (Wildman–Crippen LogP) is 1.56. The summed E-state index contributed by atoms with van der Waals surface area (Å²) in [5.41, 5.74) is 0. The zero-order chi connectivity index (χ0) is 8.23. The standard InChI is InChI=1S/C10H19NO/c1-2-7-12-10(5-1)9-4-3-6-11-8-9/h9-11H,1-8H2/t9-,10-/m1/s1. The summed E-state index contributed by atoms with van der Waals surface area (Å²) in [5.74, 6) is 0.805. The molecule has 0 aliphatic carbocycles. The van der Waals surface area contributed by atoms with Crippen molar-refractivity contribution in [3.05, 3.63) is 0 Å². The Morgan fingerprint density at radius 3 is 2.75 bits per heavy atom. The molecule has 0 amide bonds. The van der Waals surface area contributed by atoms with E-state index in [9.17, 15) is 0 Å². The van der Waals surface area contributed by atoms with Crippen LogP contribution in [0.4, 0.5) is 0 Å². The molecular formula is C10H19NO. The van der Waals surface area contributed by atoms with Crippen LogP contribution >= 0.6 is 0 Å². The van der Waals surface area contributed by atoms with E-state index in [0.717, 1.165) is 12.5 Å². The van der Waals surface area contributed by atoms with Gasteiger partial charge < -0.3 is 10.1 Å². The maximum atomic E-state index is 5.78. The Hall–Kier alpha value is -0.0800. The van der Waals surface area contributed by atoms with Crippen LogP contribution in [-0.4, -0.2) is 25.8 Å². The monoisotopic (exact) mass is 169 g/mol. The molecule has 0 aromatic rings. The lowest BCUT2D eigenvalue weighted by Crippen LogP contribution is -2.39. The van der Waals surface area contributed by atoms with Gasteiger partial charge in [0.15, 0.2) is 0 Å². The Morgan fingerprint density at radius 2 is 2.08 bits per heavy atom. The molecule has 0 spiro atoms. The van der Waals surface area contributed by atoms with Crippen molar-refractivity contribution in [1.29, 1.82) is 0 Å². The molecule has 2 nitrogen and oxygen atoms in total. The summed E-state index contributed by atoms with van der Waals surface area (Å²) in [6.07, 6.45) is 7.23. The summed E-state index contributed by atoms with van der Waals surface area (Å²) < 4.78 is 5.78. The van der Waals surface area contributed by atoms with Gasteiger partial charge in [-0.1, -0.05) is 0 Å². The summed E-state index contributed by atoms with van der Waals surface area (Å²) in [5, 5.41) is 3.45. The fraction of sp³-hybridized carbons (Fsp3) is 1.00. The van der Waals surface area contributed by atoms with Gasteiger partial charge in [-0.3, -0.25) is 0 Å². The van der Waals surface area contributed by atoms with Crippen molar-refractivity contribution in [2.75, 3.05) is 19.7 Å². The van der Waals surface area contributed by atoms with Crippen molar-refractivity contribution in [1.82, 2.24) is 5.32 Å². The lowest BCUT2D eigenvalue weighted by atomic mass is 9.89. The van der Waals surface area contributed by atoms with Crippen LogP contribution in [0.15, 0.2) is 0 Å². The van der Waals surface area contributed by atoms with Crippen LogP contribution in [0.1, 0.15) is 32.1 Å². The van der Waals surface area contributed by atoms with Gasteiger partial charge in [-0.15, -0.1) is 0 Å². The van der Waals surface area contributed by atoms with E-state index in [2.05, 4.69) is 5.32 Å². The van der Waals surface area contributed by atoms with Crippen LogP contribution in [0.3, 0.4) is 0 Å². The number of hydrogen-bond donors (Lipinski definition) is 1. The van der Waals surface area contributed by atoms with Crippen LogP contribution in [0, 0.1) is 5.92 Å². The lowest BCUT2D eigenvalue weighted by Gasteiger charge is -2.33. The minimum atomic E-state index is 0.576. The van der Waals surface area contributed by atoms with Gasteiger partial charge in [0.25, 0.3) is 0 Å². The first-order valence-electron chi connectivity index (χ1n) is 5.29. The van der Waals surface area contributed by atoms with Crippen LogP contribution < -0.4 is 5.32 Å². The van der Waals surface area contributed by atoms with Crippen molar-refractivity contribution < 1.29 is 4.74 Å². The summed E-state index contributed by atoms with van der Waals surface area (Å²) >= 11 is 0. The van der Waals surface area contributed by atoms with Gasteiger partial charge in [-0.25, -0.2) is 0 Å². The molecule has 2 heteroatoms. The lowest BCUT2D eigenvalue weighted by molar-refractivity contribution is -0.0265. The minimum Gasteiger partial charge on any atom is -0.378 e. The van der Waals surface area contributed by atoms with Crippen LogP contribution in [0.25, 0.3) is 0 Å². The van der Waals surface area contributed by atoms with Crippen molar-refractivity contribution in [2.45, 2.75) is 38.2 Å². The van der Waals surface area contributed by atoms with E-state index in [4.69, 9.17) is 4.74 Å². The summed E-state index contributed by atoms with van der Waals surface area (Å²) in [6, 6.07) is 0. The van der Waals surface area contributed by atoms with Crippen LogP contribution in [0.2, 0.25) is 0 Å². The molecule has 2 rings (SSSR count). The number of piperidine rings is 1. The third-order valence-electron chi connectivity index (χ3n) is 3.08. The van der Waals surface area contributed by atoms with Gasteiger partial charge in [0.05, 0.1) is 6.10 Å². The molecule has 2 aliphatic rings. The summed E-state index contributed by atoms with van der Waals surface area (Å²) in [6.45, 7) is 3.40. The molecule has 1 N–H and O–H groups in total. The van der Waals surface area contributed by atoms with Gasteiger partial charge in [0, 0.05) is 13.2 Å². The normalized spacial score (nSPS) is 38.0. The first kappa shape index (κ1) is 8.52. The highest BCUT2D eigenvalue weighted by Crippen LogP contribution is 2.24. The van der Waals surface area contributed by atoms with E-state index >= 15 is 0 Å². The Balaban J connectivity index is 1.80. The smallest absolute Gasteiger partial charge is 0.0615 e. The first-order chi connectivity index (χ1) is 5.97. The van der Waals surface area contributed by atoms with Crippen molar-refractivity contribution in [3.63, 3.8) is 0 Å². The average molecular weight is 169 g/mol. The zero-order valence-electron chi connectivity index (χ0n) is 7.72. The molecule has 70 valence electrons. The molecule has 0 unspecified atom stereocenters. The van der Waals surface area contributed by atoms with E-state index < -0.39 is 0 Å². The second-order valence-corrected chi connectivity index (χ2v) is 4.01. The summed E-state index contributed by atoms with van der Waals surface area (Å²) in [7, 11) is 0. The third-order valence-corrected chi connectivity index (χ3v) is 3.08. The van der Waals surface area contributed by atoms with Crippen molar-refractivity contribution in [3.8, 4) is 0 Å². The van der Waals surface area contributed by atoms with Crippen LogP contribution in [0.5, 0.6) is 0 Å². The molecule has 0 radical (unpaired) electrons. The second-order valence-electron chi connectivity index (χ2n) is 4.01. The average Bonchev–Trinajstić information content (AvgIpc) is 2.21. The number of hydrogen-bond acceptors (Lipinski definition) is 2. The van der Waals surface area contributed by atoms with Gasteiger partial charge in [-0.2, -0.15) is 0 Å². The van der Waals surface area contributed by atoms with Gasteiger partial charge in [-0.05, 0) is 44.6 Å². The van der Waals surface area contributed by atoms with E-state index in [1.807, 2.05) is 0 Å². The molecule has 0 aromatic heterocycles. The SMILES string of the molecule is C1CC[C@H]([C@@H]2CCCNC2)OC1. The molecule has 0 saturated carbocycles. The molecule has 2 aliphatic heterocycles.